The van der Waals surface area contributed by atoms with Crippen LogP contribution in [0.25, 0.3) is 0 Å². The van der Waals surface area contributed by atoms with Gasteiger partial charge in [-0.1, -0.05) is 23.2 Å². The Hall–Kier alpha value is 0.01000. The van der Waals surface area contributed by atoms with Gasteiger partial charge >= 0.3 is 0 Å². The van der Waals surface area contributed by atoms with E-state index in [9.17, 15) is 0 Å². The van der Waals surface area contributed by atoms with Crippen molar-refractivity contribution >= 4 is 39.5 Å². The minimum Gasteiger partial charge on any atom is -0.415 e. The van der Waals surface area contributed by atoms with Crippen LogP contribution >= 0.6 is 39.5 Å². The highest BCUT2D eigenvalue weighted by Gasteiger charge is 2.01. The summed E-state index contributed by atoms with van der Waals surface area (Å²) in [6.07, 6.45) is 0. The highest BCUT2D eigenvalue weighted by molar-refractivity contribution is 9.06. The van der Waals surface area contributed by atoms with Crippen molar-refractivity contribution in [2.24, 2.45) is 0 Å². The summed E-state index contributed by atoms with van der Waals surface area (Å²) >= 11 is 13.9. The summed E-state index contributed by atoms with van der Waals surface area (Å²) in [4.78, 5) is 3.72. The molecule has 0 saturated heterocycles. The first-order valence-corrected chi connectivity index (χ1v) is 3.75. The lowest BCUT2D eigenvalue weighted by molar-refractivity contribution is 0.674. The summed E-state index contributed by atoms with van der Waals surface area (Å²) in [5.74, 6) is 0.450. The van der Waals surface area contributed by atoms with Crippen LogP contribution in [-0.2, 0) is 0 Å². The van der Waals surface area contributed by atoms with E-state index in [-0.39, 0.29) is 5.15 Å². The molecule has 1 rings (SSSR count). The quantitative estimate of drug-likeness (QED) is 0.707. The minimum atomic E-state index is 0.240. The van der Waals surface area contributed by atoms with Gasteiger partial charge < -0.3 is 3.83 Å². The molecular formula is C5H2BrCl2NO. The summed E-state index contributed by atoms with van der Waals surface area (Å²) < 4.78 is 4.66. The van der Waals surface area contributed by atoms with Crippen molar-refractivity contribution < 1.29 is 3.83 Å². The number of hydrogen-bond donors (Lipinski definition) is 0. The molecule has 54 valence electrons. The Morgan fingerprint density at radius 1 is 1.40 bits per heavy atom. The van der Waals surface area contributed by atoms with Crippen LogP contribution in [0.5, 0.6) is 5.75 Å². The van der Waals surface area contributed by atoms with Crippen molar-refractivity contribution in [3.63, 3.8) is 0 Å². The fourth-order valence-corrected chi connectivity index (χ4v) is 1.19. The summed E-state index contributed by atoms with van der Waals surface area (Å²) in [6.45, 7) is 0. The van der Waals surface area contributed by atoms with E-state index in [1.54, 1.807) is 12.1 Å². The summed E-state index contributed by atoms with van der Waals surface area (Å²) in [5.41, 5.74) is 0. The van der Waals surface area contributed by atoms with Gasteiger partial charge in [-0.3, -0.25) is 0 Å². The van der Waals surface area contributed by atoms with Crippen LogP contribution in [0.3, 0.4) is 0 Å². The molecule has 5 heteroatoms. The van der Waals surface area contributed by atoms with Gasteiger partial charge in [0.25, 0.3) is 0 Å². The molecule has 0 N–H and O–H groups in total. The molecule has 0 spiro atoms. The first-order chi connectivity index (χ1) is 4.74. The third-order valence-corrected chi connectivity index (χ3v) is 1.69. The van der Waals surface area contributed by atoms with E-state index in [1.165, 1.54) is 0 Å². The second-order valence-corrected chi connectivity index (χ2v) is 2.57. The standard InChI is InChI=1S/C5H2BrCl2NO/c6-10-3-1-2-4(7)9-5(3)8/h1-2H. The third-order valence-electron chi connectivity index (χ3n) is 0.864. The van der Waals surface area contributed by atoms with E-state index >= 15 is 0 Å². The summed E-state index contributed by atoms with van der Waals surface area (Å²) in [7, 11) is 0. The van der Waals surface area contributed by atoms with Crippen LogP contribution in [0.15, 0.2) is 12.1 Å². The Morgan fingerprint density at radius 3 is 2.60 bits per heavy atom. The van der Waals surface area contributed by atoms with Crippen molar-refractivity contribution in [1.29, 1.82) is 0 Å². The van der Waals surface area contributed by atoms with E-state index < -0.39 is 0 Å². The lowest BCUT2D eigenvalue weighted by atomic mass is 10.5. The average Bonchev–Trinajstić information content (AvgIpc) is 1.88. The van der Waals surface area contributed by atoms with Gasteiger partial charge in [0.05, 0.1) is 0 Å². The maximum absolute atomic E-state index is 5.58. The number of halogens is 3. The van der Waals surface area contributed by atoms with E-state index in [2.05, 4.69) is 25.1 Å². The second kappa shape index (κ2) is 3.42. The fourth-order valence-electron chi connectivity index (χ4n) is 0.457. The molecule has 0 atom stereocenters. The van der Waals surface area contributed by atoms with Crippen LogP contribution in [-0.4, -0.2) is 4.98 Å². The predicted octanol–water partition coefficient (Wildman–Crippen LogP) is 3.08. The van der Waals surface area contributed by atoms with E-state index in [0.29, 0.717) is 10.9 Å². The Balaban J connectivity index is 3.07. The molecule has 1 aromatic heterocycles. The topological polar surface area (TPSA) is 22.1 Å². The van der Waals surface area contributed by atoms with Gasteiger partial charge in [0, 0.05) is 0 Å². The van der Waals surface area contributed by atoms with Gasteiger partial charge in [-0.25, -0.2) is 4.98 Å². The molecule has 1 aromatic rings. The molecular weight excluding hydrogens is 241 g/mol. The molecule has 0 bridgehead atoms. The Bertz CT molecular complexity index is 243. The van der Waals surface area contributed by atoms with Crippen molar-refractivity contribution in [2.45, 2.75) is 0 Å². The molecule has 0 aromatic carbocycles. The van der Waals surface area contributed by atoms with Crippen molar-refractivity contribution in [3.8, 4) is 5.75 Å². The van der Waals surface area contributed by atoms with Crippen molar-refractivity contribution in [2.75, 3.05) is 0 Å². The van der Waals surface area contributed by atoms with Gasteiger partial charge in [-0.05, 0) is 12.1 Å². The largest absolute Gasteiger partial charge is 0.415 e. The van der Waals surface area contributed by atoms with Crippen molar-refractivity contribution in [1.82, 2.24) is 4.98 Å². The van der Waals surface area contributed by atoms with Crippen LogP contribution < -0.4 is 3.83 Å². The first-order valence-electron chi connectivity index (χ1n) is 2.34. The van der Waals surface area contributed by atoms with Crippen LogP contribution in [0.2, 0.25) is 10.3 Å². The highest BCUT2D eigenvalue weighted by Crippen LogP contribution is 2.24. The normalized spacial score (nSPS) is 9.50. The van der Waals surface area contributed by atoms with Gasteiger partial charge in [0.15, 0.2) is 27.2 Å². The monoisotopic (exact) mass is 241 g/mol. The Labute approximate surface area is 76.6 Å². The van der Waals surface area contributed by atoms with Gasteiger partial charge in [0.2, 0.25) is 0 Å². The first kappa shape index (κ1) is 8.11. The maximum atomic E-state index is 5.58. The second-order valence-electron chi connectivity index (χ2n) is 1.50. The highest BCUT2D eigenvalue weighted by atomic mass is 79.9. The maximum Gasteiger partial charge on any atom is 0.179 e. The van der Waals surface area contributed by atoms with Crippen molar-refractivity contribution in [3.05, 3.63) is 22.4 Å². The van der Waals surface area contributed by atoms with Gasteiger partial charge in [-0.15, -0.1) is 0 Å². The predicted molar refractivity (Wildman–Crippen MR) is 43.8 cm³/mol. The molecule has 0 aliphatic carbocycles. The molecule has 0 aliphatic rings. The average molecular weight is 243 g/mol. The third kappa shape index (κ3) is 1.75. The summed E-state index contributed by atoms with van der Waals surface area (Å²) in [6, 6.07) is 3.20. The van der Waals surface area contributed by atoms with E-state index in [4.69, 9.17) is 23.2 Å². The minimum absolute atomic E-state index is 0.240. The zero-order chi connectivity index (χ0) is 7.56. The van der Waals surface area contributed by atoms with E-state index in [1.807, 2.05) is 0 Å². The lowest BCUT2D eigenvalue weighted by Crippen LogP contribution is -1.80. The SMILES string of the molecule is Clc1ccc(OBr)c(Cl)n1. The number of hydrogen-bond acceptors (Lipinski definition) is 2. The molecule has 10 heavy (non-hydrogen) atoms. The van der Waals surface area contributed by atoms with Crippen LogP contribution in [0.4, 0.5) is 0 Å². The van der Waals surface area contributed by atoms with Crippen LogP contribution in [0, 0.1) is 0 Å². The zero-order valence-electron chi connectivity index (χ0n) is 4.64. The Morgan fingerprint density at radius 2 is 2.10 bits per heavy atom. The number of nitrogens with zero attached hydrogens (tertiary/aromatic N) is 1. The molecule has 1 heterocycles. The number of aromatic nitrogens is 1. The smallest absolute Gasteiger partial charge is 0.179 e. The molecule has 2 nitrogen and oxygen atoms in total. The van der Waals surface area contributed by atoms with Crippen LogP contribution in [0.1, 0.15) is 0 Å². The fraction of sp³-hybridized carbons (Fsp3) is 0. The molecule has 0 amide bonds. The molecule has 0 aliphatic heterocycles. The van der Waals surface area contributed by atoms with E-state index in [0.717, 1.165) is 0 Å². The lowest BCUT2D eigenvalue weighted by Gasteiger charge is -1.97. The molecule has 0 saturated carbocycles. The molecule has 0 radical (unpaired) electrons. The molecule has 0 fully saturated rings. The van der Waals surface area contributed by atoms with Gasteiger partial charge in [0.1, 0.15) is 5.15 Å². The zero-order valence-corrected chi connectivity index (χ0v) is 7.74. The van der Waals surface area contributed by atoms with Gasteiger partial charge in [-0.2, -0.15) is 0 Å². The molecule has 0 unspecified atom stereocenters. The summed E-state index contributed by atoms with van der Waals surface area (Å²) in [5, 5.41) is 0.586. The Kier molecular flexibility index (Phi) is 2.77. The number of pyridine rings is 1. The number of rotatable bonds is 1.